The molecule has 0 aliphatic carbocycles. The molecule has 0 bridgehead atoms. The maximum atomic E-state index is 13.5. The van der Waals surface area contributed by atoms with Crippen molar-refractivity contribution in [1.82, 2.24) is 19.3 Å². The van der Waals surface area contributed by atoms with Crippen molar-refractivity contribution in [3.05, 3.63) is 36.3 Å². The number of imidazole rings is 1. The van der Waals surface area contributed by atoms with Crippen molar-refractivity contribution in [2.24, 2.45) is 7.05 Å². The molecule has 0 spiro atoms. The second kappa shape index (κ2) is 3.31. The van der Waals surface area contributed by atoms with Crippen molar-refractivity contribution in [1.29, 1.82) is 0 Å². The normalized spacial score (nSPS) is 11.2. The number of nitrogens with two attached hydrogens (primary N) is 1. The summed E-state index contributed by atoms with van der Waals surface area (Å²) in [5.41, 5.74) is 6.67. The van der Waals surface area contributed by atoms with Crippen LogP contribution in [0.25, 0.3) is 16.9 Å². The Hall–Kier alpha value is -2.37. The number of halogens is 1. The summed E-state index contributed by atoms with van der Waals surface area (Å²) in [6.07, 6.45) is 1.79. The van der Waals surface area contributed by atoms with Crippen molar-refractivity contribution in [3.63, 3.8) is 0 Å². The molecule has 0 unspecified atom stereocenters. The molecular formula is C11H10FN5. The SMILES string of the molecule is Cn1ccc(-n2c(N)nc3c(F)cccc32)n1. The van der Waals surface area contributed by atoms with Crippen LogP contribution in [0.4, 0.5) is 10.3 Å². The van der Waals surface area contributed by atoms with Crippen LogP contribution < -0.4 is 5.73 Å². The number of hydrogen-bond acceptors (Lipinski definition) is 3. The molecule has 0 saturated heterocycles. The van der Waals surface area contributed by atoms with E-state index in [1.165, 1.54) is 6.07 Å². The summed E-state index contributed by atoms with van der Waals surface area (Å²) in [4.78, 5) is 4.01. The summed E-state index contributed by atoms with van der Waals surface area (Å²) in [6, 6.07) is 6.54. The van der Waals surface area contributed by atoms with Gasteiger partial charge in [0.25, 0.3) is 0 Å². The van der Waals surface area contributed by atoms with Crippen LogP contribution in [0, 0.1) is 5.82 Å². The highest BCUT2D eigenvalue weighted by Crippen LogP contribution is 2.23. The van der Waals surface area contributed by atoms with E-state index in [1.807, 2.05) is 0 Å². The monoisotopic (exact) mass is 231 g/mol. The quantitative estimate of drug-likeness (QED) is 0.690. The molecule has 0 amide bonds. The van der Waals surface area contributed by atoms with Crippen LogP contribution in [0.3, 0.4) is 0 Å². The minimum absolute atomic E-state index is 0.226. The van der Waals surface area contributed by atoms with E-state index in [1.54, 1.807) is 40.7 Å². The Labute approximate surface area is 96.3 Å². The largest absolute Gasteiger partial charge is 0.369 e. The number of rotatable bonds is 1. The summed E-state index contributed by atoms with van der Waals surface area (Å²) >= 11 is 0. The van der Waals surface area contributed by atoms with E-state index in [9.17, 15) is 4.39 Å². The first-order valence-corrected chi connectivity index (χ1v) is 5.09. The maximum absolute atomic E-state index is 13.5. The van der Waals surface area contributed by atoms with Gasteiger partial charge >= 0.3 is 0 Å². The number of para-hydroxylation sites is 1. The molecule has 2 N–H and O–H groups in total. The van der Waals surface area contributed by atoms with Gasteiger partial charge in [-0.05, 0) is 12.1 Å². The fourth-order valence-corrected chi connectivity index (χ4v) is 1.85. The molecule has 0 aliphatic rings. The van der Waals surface area contributed by atoms with Gasteiger partial charge in [0.05, 0.1) is 5.52 Å². The second-order valence-electron chi connectivity index (χ2n) is 3.76. The third-order valence-electron chi connectivity index (χ3n) is 2.59. The molecule has 5 nitrogen and oxygen atoms in total. The van der Waals surface area contributed by atoms with E-state index >= 15 is 0 Å². The van der Waals surface area contributed by atoms with E-state index in [4.69, 9.17) is 5.73 Å². The van der Waals surface area contributed by atoms with Crippen LogP contribution in [0.15, 0.2) is 30.5 Å². The van der Waals surface area contributed by atoms with Gasteiger partial charge in [-0.2, -0.15) is 5.10 Å². The average molecular weight is 231 g/mol. The lowest BCUT2D eigenvalue weighted by molar-refractivity contribution is 0.637. The highest BCUT2D eigenvalue weighted by Gasteiger charge is 2.14. The molecule has 0 saturated carbocycles. The number of benzene rings is 1. The first-order valence-electron chi connectivity index (χ1n) is 5.09. The molecule has 0 aliphatic heterocycles. The number of fused-ring (bicyclic) bond motifs is 1. The Kier molecular flexibility index (Phi) is 1.91. The Bertz CT molecular complexity index is 697. The molecular weight excluding hydrogens is 221 g/mol. The Morgan fingerprint density at radius 3 is 2.82 bits per heavy atom. The summed E-state index contributed by atoms with van der Waals surface area (Å²) in [6.45, 7) is 0. The van der Waals surface area contributed by atoms with Crippen LogP contribution in [-0.2, 0) is 7.05 Å². The number of aryl methyl sites for hydroxylation is 1. The average Bonchev–Trinajstić information content (AvgIpc) is 2.82. The summed E-state index contributed by atoms with van der Waals surface area (Å²) in [7, 11) is 1.80. The second-order valence-corrected chi connectivity index (χ2v) is 3.76. The Balaban J connectivity index is 2.36. The molecule has 2 heterocycles. The van der Waals surface area contributed by atoms with Crippen LogP contribution in [0.1, 0.15) is 0 Å². The summed E-state index contributed by atoms with van der Waals surface area (Å²) < 4.78 is 16.8. The fourth-order valence-electron chi connectivity index (χ4n) is 1.85. The van der Waals surface area contributed by atoms with Gasteiger partial charge in [0, 0.05) is 19.3 Å². The molecule has 0 atom stereocenters. The van der Waals surface area contributed by atoms with Gasteiger partial charge in [-0.3, -0.25) is 9.25 Å². The van der Waals surface area contributed by atoms with Crippen molar-refractivity contribution >= 4 is 17.0 Å². The van der Waals surface area contributed by atoms with Gasteiger partial charge < -0.3 is 5.73 Å². The highest BCUT2D eigenvalue weighted by molar-refractivity contribution is 5.80. The molecule has 86 valence electrons. The summed E-state index contributed by atoms with van der Waals surface area (Å²) in [5, 5.41) is 4.23. The Morgan fingerprint density at radius 2 is 2.12 bits per heavy atom. The zero-order valence-corrected chi connectivity index (χ0v) is 9.13. The number of aromatic nitrogens is 4. The van der Waals surface area contributed by atoms with Crippen LogP contribution >= 0.6 is 0 Å². The smallest absolute Gasteiger partial charge is 0.207 e. The van der Waals surface area contributed by atoms with E-state index in [0.717, 1.165) is 0 Å². The highest BCUT2D eigenvalue weighted by atomic mass is 19.1. The van der Waals surface area contributed by atoms with E-state index in [2.05, 4.69) is 10.1 Å². The lowest BCUT2D eigenvalue weighted by Crippen LogP contribution is -2.02. The predicted octanol–water partition coefficient (Wildman–Crippen LogP) is 1.48. The van der Waals surface area contributed by atoms with Crippen molar-refractivity contribution in [2.45, 2.75) is 0 Å². The van der Waals surface area contributed by atoms with E-state index in [0.29, 0.717) is 11.3 Å². The lowest BCUT2D eigenvalue weighted by atomic mass is 10.3. The first-order chi connectivity index (χ1) is 8.16. The topological polar surface area (TPSA) is 61.7 Å². The maximum Gasteiger partial charge on any atom is 0.207 e. The first kappa shape index (κ1) is 9.83. The summed E-state index contributed by atoms with van der Waals surface area (Å²) in [5.74, 6) is 0.464. The van der Waals surface area contributed by atoms with Gasteiger partial charge in [0.15, 0.2) is 11.6 Å². The van der Waals surface area contributed by atoms with Crippen LogP contribution in [0.2, 0.25) is 0 Å². The number of anilines is 1. The van der Waals surface area contributed by atoms with Gasteiger partial charge in [-0.15, -0.1) is 0 Å². The van der Waals surface area contributed by atoms with Crippen LogP contribution in [-0.4, -0.2) is 19.3 Å². The molecule has 0 fully saturated rings. The molecule has 0 radical (unpaired) electrons. The third kappa shape index (κ3) is 1.37. The molecule has 3 rings (SSSR count). The Morgan fingerprint density at radius 1 is 1.29 bits per heavy atom. The van der Waals surface area contributed by atoms with E-state index in [-0.39, 0.29) is 17.3 Å². The third-order valence-corrected chi connectivity index (χ3v) is 2.59. The lowest BCUT2D eigenvalue weighted by Gasteiger charge is -2.01. The minimum Gasteiger partial charge on any atom is -0.369 e. The van der Waals surface area contributed by atoms with Crippen LogP contribution in [0.5, 0.6) is 0 Å². The zero-order valence-electron chi connectivity index (χ0n) is 9.13. The molecule has 2 aromatic heterocycles. The minimum atomic E-state index is -0.385. The van der Waals surface area contributed by atoms with Gasteiger partial charge in [0.1, 0.15) is 5.52 Å². The van der Waals surface area contributed by atoms with E-state index < -0.39 is 0 Å². The molecule has 17 heavy (non-hydrogen) atoms. The molecule has 6 heteroatoms. The fraction of sp³-hybridized carbons (Fsp3) is 0.0909. The molecule has 1 aromatic carbocycles. The number of nitrogens with zero attached hydrogens (tertiary/aromatic N) is 4. The number of hydrogen-bond donors (Lipinski definition) is 1. The van der Waals surface area contributed by atoms with Gasteiger partial charge in [0.2, 0.25) is 5.95 Å². The van der Waals surface area contributed by atoms with Crippen molar-refractivity contribution in [2.75, 3.05) is 5.73 Å². The zero-order chi connectivity index (χ0) is 12.0. The van der Waals surface area contributed by atoms with Crippen molar-refractivity contribution in [3.8, 4) is 5.82 Å². The van der Waals surface area contributed by atoms with Gasteiger partial charge in [-0.1, -0.05) is 6.07 Å². The molecule has 3 aromatic rings. The standard InChI is InChI=1S/C11H10FN5/c1-16-6-5-9(15-16)17-8-4-2-3-7(12)10(8)14-11(17)13/h2-6H,1H3,(H2,13,14). The predicted molar refractivity (Wildman–Crippen MR) is 62.2 cm³/mol. The number of nitrogen functional groups attached to an aromatic ring is 1. The van der Waals surface area contributed by atoms with Crippen molar-refractivity contribution < 1.29 is 4.39 Å². The van der Waals surface area contributed by atoms with Gasteiger partial charge in [-0.25, -0.2) is 9.37 Å².